The summed E-state index contributed by atoms with van der Waals surface area (Å²) in [5.74, 6) is -4.74. The van der Waals surface area contributed by atoms with Crippen LogP contribution in [0.25, 0.3) is 11.1 Å². The molecule has 1 aliphatic rings. The van der Waals surface area contributed by atoms with Gasteiger partial charge in [-0.3, -0.25) is 9.18 Å². The van der Waals surface area contributed by atoms with Crippen LogP contribution >= 0.6 is 0 Å². The number of aliphatic imine (C=N–C) groups is 1. The molecule has 0 fully saturated rings. The summed E-state index contributed by atoms with van der Waals surface area (Å²) < 4.78 is 82.3. The normalized spacial score (nSPS) is 22.4. The highest BCUT2D eigenvalue weighted by Gasteiger charge is 2.63. The van der Waals surface area contributed by atoms with Crippen molar-refractivity contribution in [2.24, 2.45) is 16.1 Å². The molecule has 1 aliphatic heterocycles. The van der Waals surface area contributed by atoms with Crippen LogP contribution in [0.3, 0.4) is 0 Å². The van der Waals surface area contributed by atoms with Crippen LogP contribution < -0.4 is 5.73 Å². The Labute approximate surface area is 204 Å². The first-order valence-electron chi connectivity index (χ1n) is 11.1. The van der Waals surface area contributed by atoms with Crippen LogP contribution in [-0.2, 0) is 24.6 Å². The molecule has 35 heavy (non-hydrogen) atoms. The fraction of sp³-hybridized carbons (Fsp3) is 0.480. The summed E-state index contributed by atoms with van der Waals surface area (Å²) in [6.45, 7) is 8.68. The van der Waals surface area contributed by atoms with Gasteiger partial charge in [-0.1, -0.05) is 39.0 Å². The van der Waals surface area contributed by atoms with Gasteiger partial charge in [0.2, 0.25) is 0 Å². The van der Waals surface area contributed by atoms with E-state index in [1.54, 1.807) is 6.07 Å². The van der Waals surface area contributed by atoms with Gasteiger partial charge in [0.1, 0.15) is 23.9 Å². The van der Waals surface area contributed by atoms with Crippen molar-refractivity contribution in [3.8, 4) is 11.1 Å². The molecule has 0 aromatic heterocycles. The maximum Gasteiger partial charge on any atom is 0.304 e. The van der Waals surface area contributed by atoms with Gasteiger partial charge in [0.25, 0.3) is 10.1 Å². The first-order valence-corrected chi connectivity index (χ1v) is 12.5. The predicted molar refractivity (Wildman–Crippen MR) is 128 cm³/mol. The zero-order valence-electron chi connectivity index (χ0n) is 20.7. The van der Waals surface area contributed by atoms with Gasteiger partial charge in [-0.05, 0) is 61.6 Å². The summed E-state index contributed by atoms with van der Waals surface area (Å²) in [6.07, 6.45) is 0. The highest BCUT2D eigenvalue weighted by Crippen LogP contribution is 2.51. The molecule has 0 bridgehead atoms. The van der Waals surface area contributed by atoms with E-state index >= 15 is 13.2 Å². The second kappa shape index (κ2) is 8.90. The van der Waals surface area contributed by atoms with Crippen molar-refractivity contribution in [1.82, 2.24) is 0 Å². The minimum Gasteiger partial charge on any atom is -0.385 e. The minimum atomic E-state index is -4.07. The van der Waals surface area contributed by atoms with Gasteiger partial charge in [-0.15, -0.1) is 0 Å². The van der Waals surface area contributed by atoms with Crippen LogP contribution in [0.2, 0.25) is 0 Å². The average Bonchev–Trinajstić information content (AvgIpc) is 2.81. The first kappa shape index (κ1) is 27.2. The zero-order valence-corrected chi connectivity index (χ0v) is 21.5. The van der Waals surface area contributed by atoms with Gasteiger partial charge in [0, 0.05) is 5.56 Å². The topological polar surface area (TPSA) is 91.0 Å². The summed E-state index contributed by atoms with van der Waals surface area (Å²) in [5, 5.41) is 0. The molecule has 2 aromatic rings. The lowest BCUT2D eigenvalue weighted by Gasteiger charge is -2.42. The van der Waals surface area contributed by atoms with Gasteiger partial charge >= 0.3 is 5.92 Å². The molecule has 0 spiro atoms. The summed E-state index contributed by atoms with van der Waals surface area (Å²) in [5.41, 5.74) is 1.36. The predicted octanol–water partition coefficient (Wildman–Crippen LogP) is 5.26. The van der Waals surface area contributed by atoms with Crippen LogP contribution in [0.15, 0.2) is 52.4 Å². The number of alkyl halides is 2. The molecule has 0 unspecified atom stereocenters. The van der Waals surface area contributed by atoms with E-state index in [1.165, 1.54) is 44.2 Å². The monoisotopic (exact) mass is 512 g/mol. The molecule has 0 amide bonds. The van der Waals surface area contributed by atoms with Crippen molar-refractivity contribution < 1.29 is 30.5 Å². The Morgan fingerprint density at radius 1 is 1.09 bits per heavy atom. The molecule has 2 aromatic carbocycles. The van der Waals surface area contributed by atoms with Crippen molar-refractivity contribution in [3.63, 3.8) is 0 Å². The van der Waals surface area contributed by atoms with Crippen LogP contribution in [-0.4, -0.2) is 39.0 Å². The fourth-order valence-electron chi connectivity index (χ4n) is 3.78. The van der Waals surface area contributed by atoms with Crippen molar-refractivity contribution in [1.29, 1.82) is 0 Å². The molecular weight excluding hydrogens is 481 g/mol. The number of hydrogen-bond donors (Lipinski definition) is 1. The van der Waals surface area contributed by atoms with Gasteiger partial charge in [0.05, 0.1) is 11.5 Å². The van der Waals surface area contributed by atoms with Gasteiger partial charge in [0.15, 0.2) is 5.54 Å². The van der Waals surface area contributed by atoms with E-state index in [0.29, 0.717) is 11.1 Å². The van der Waals surface area contributed by atoms with Crippen LogP contribution in [0.5, 0.6) is 0 Å². The van der Waals surface area contributed by atoms with Crippen LogP contribution in [0.1, 0.15) is 47.1 Å². The Morgan fingerprint density at radius 3 is 2.34 bits per heavy atom. The van der Waals surface area contributed by atoms with Gasteiger partial charge < -0.3 is 10.5 Å². The summed E-state index contributed by atoms with van der Waals surface area (Å²) in [6, 6.07) is 9.49. The molecular formula is C25H31F3N2O4S. The molecule has 0 saturated heterocycles. The third-order valence-electron chi connectivity index (χ3n) is 5.91. The van der Waals surface area contributed by atoms with E-state index in [-0.39, 0.29) is 29.4 Å². The van der Waals surface area contributed by atoms with Crippen molar-refractivity contribution >= 4 is 16.0 Å². The number of amidine groups is 1. The van der Waals surface area contributed by atoms with Crippen molar-refractivity contribution in [2.45, 2.75) is 63.5 Å². The lowest BCUT2D eigenvalue weighted by Crippen LogP contribution is -2.56. The molecule has 0 saturated carbocycles. The maximum absolute atomic E-state index is 15.7. The van der Waals surface area contributed by atoms with Gasteiger partial charge in [-0.2, -0.15) is 8.42 Å². The number of hydrogen-bond acceptors (Lipinski definition) is 6. The number of nitrogens with zero attached hydrogens (tertiary/aromatic N) is 1. The van der Waals surface area contributed by atoms with E-state index in [2.05, 4.69) is 4.99 Å². The third kappa shape index (κ3) is 5.24. The summed E-state index contributed by atoms with van der Waals surface area (Å²) >= 11 is 0. The van der Waals surface area contributed by atoms with Crippen molar-refractivity contribution in [2.75, 3.05) is 13.2 Å². The Balaban J connectivity index is 2.11. The Hall–Kier alpha value is -2.43. The Morgan fingerprint density at radius 2 is 1.71 bits per heavy atom. The number of ether oxygens (including phenoxy) is 1. The first-order chi connectivity index (χ1) is 15.9. The smallest absolute Gasteiger partial charge is 0.304 e. The molecule has 3 rings (SSSR count). The van der Waals surface area contributed by atoms with E-state index in [4.69, 9.17) is 14.7 Å². The number of nitrogens with two attached hydrogens (primary N) is 1. The molecule has 0 radical (unpaired) electrons. The molecule has 1 heterocycles. The van der Waals surface area contributed by atoms with E-state index in [1.807, 2.05) is 20.8 Å². The fourth-order valence-corrected chi connectivity index (χ4v) is 4.94. The number of benzene rings is 2. The maximum atomic E-state index is 15.7. The average molecular weight is 513 g/mol. The second-order valence-electron chi connectivity index (χ2n) is 10.5. The standard InChI is InChI=1S/C25H31F3N2O4S/c1-22(2,3)15-34-35(31,32)18-9-7-8-16(12-18)17-10-11-20(26)19(13-17)24(6)25(27,28)23(4,5)33-14-21(29)30-24/h7-13H,14-15H2,1-6H3,(H2,29,30)/t24-/m1/s1. The molecule has 2 N–H and O–H groups in total. The second-order valence-corrected chi connectivity index (χ2v) is 12.2. The highest BCUT2D eigenvalue weighted by molar-refractivity contribution is 7.86. The van der Waals surface area contributed by atoms with Crippen LogP contribution in [0.4, 0.5) is 13.2 Å². The number of halogens is 3. The highest BCUT2D eigenvalue weighted by atomic mass is 32.2. The Kier molecular flexibility index (Phi) is 6.91. The molecule has 1 atom stereocenters. The SMILES string of the molecule is CC(C)(C)COS(=O)(=O)c1cccc(-c2ccc(F)c([C@@]3(C)N=C(N)COC(C)(C)C3(F)F)c2)c1. The molecule has 10 heteroatoms. The summed E-state index contributed by atoms with van der Waals surface area (Å²) in [7, 11) is -4.07. The molecule has 6 nitrogen and oxygen atoms in total. The Bertz CT molecular complexity index is 1250. The third-order valence-corrected chi connectivity index (χ3v) is 7.17. The quantitative estimate of drug-likeness (QED) is 0.552. The van der Waals surface area contributed by atoms with Crippen molar-refractivity contribution in [3.05, 3.63) is 53.8 Å². The lowest BCUT2D eigenvalue weighted by atomic mass is 9.77. The molecule has 192 valence electrons. The molecule has 0 aliphatic carbocycles. The van der Waals surface area contributed by atoms with E-state index < -0.39 is 38.6 Å². The largest absolute Gasteiger partial charge is 0.385 e. The lowest BCUT2D eigenvalue weighted by molar-refractivity contribution is -0.214. The summed E-state index contributed by atoms with van der Waals surface area (Å²) in [4.78, 5) is 3.89. The minimum absolute atomic E-state index is 0.0228. The zero-order chi connectivity index (χ0) is 26.4. The van der Waals surface area contributed by atoms with E-state index in [9.17, 15) is 8.42 Å². The number of rotatable bonds is 5. The van der Waals surface area contributed by atoms with E-state index in [0.717, 1.165) is 13.0 Å². The van der Waals surface area contributed by atoms with Crippen LogP contribution in [0, 0.1) is 11.2 Å². The van der Waals surface area contributed by atoms with Gasteiger partial charge in [-0.25, -0.2) is 13.2 Å².